The summed E-state index contributed by atoms with van der Waals surface area (Å²) in [6.07, 6.45) is -5.69. The molecule has 0 atom stereocenters. The highest BCUT2D eigenvalue weighted by Gasteiger charge is 2.39. The minimum Gasteiger partial charge on any atom is -0.466 e. The van der Waals surface area contributed by atoms with Crippen molar-refractivity contribution < 1.29 is 36.2 Å². The van der Waals surface area contributed by atoms with E-state index in [4.69, 9.17) is 5.26 Å². The Kier molecular flexibility index (Phi) is 5.68. The highest BCUT2D eigenvalue weighted by atomic mass is 19.4. The number of halogens is 5. The highest BCUT2D eigenvalue weighted by Crippen LogP contribution is 2.40. The lowest BCUT2D eigenvalue weighted by molar-refractivity contribution is -0.144. The van der Waals surface area contributed by atoms with Gasteiger partial charge in [0.1, 0.15) is 17.4 Å². The van der Waals surface area contributed by atoms with Gasteiger partial charge in [-0.25, -0.2) is 0 Å². The van der Waals surface area contributed by atoms with Crippen LogP contribution < -0.4 is 4.74 Å². The summed E-state index contributed by atoms with van der Waals surface area (Å²) in [6.45, 7) is -1.97. The summed E-state index contributed by atoms with van der Waals surface area (Å²) in [4.78, 5) is 11.3. The number of benzene rings is 1. The minimum absolute atomic E-state index is 0.0133. The van der Waals surface area contributed by atoms with E-state index >= 15 is 0 Å². The van der Waals surface area contributed by atoms with Crippen LogP contribution in [0.3, 0.4) is 0 Å². The van der Waals surface area contributed by atoms with Crippen LogP contribution in [0.25, 0.3) is 0 Å². The third-order valence-corrected chi connectivity index (χ3v) is 2.50. The van der Waals surface area contributed by atoms with Crippen molar-refractivity contribution >= 4 is 5.97 Å². The zero-order chi connectivity index (χ0) is 16.9. The van der Waals surface area contributed by atoms with Crippen molar-refractivity contribution in [1.29, 1.82) is 5.26 Å². The molecule has 120 valence electrons. The molecule has 0 saturated carbocycles. The first kappa shape index (κ1) is 17.7. The number of rotatable bonds is 5. The third-order valence-electron chi connectivity index (χ3n) is 2.50. The zero-order valence-electron chi connectivity index (χ0n) is 11.2. The Balaban J connectivity index is 3.39. The van der Waals surface area contributed by atoms with E-state index in [1.54, 1.807) is 0 Å². The summed E-state index contributed by atoms with van der Waals surface area (Å²) < 4.78 is 71.8. The second-order valence-electron chi connectivity index (χ2n) is 3.94. The Morgan fingerprint density at radius 1 is 1.36 bits per heavy atom. The van der Waals surface area contributed by atoms with Crippen molar-refractivity contribution in [1.82, 2.24) is 0 Å². The minimum atomic E-state index is -5.10. The molecule has 0 amide bonds. The smallest absolute Gasteiger partial charge is 0.421 e. The first-order valence-electron chi connectivity index (χ1n) is 5.94. The van der Waals surface area contributed by atoms with Crippen molar-refractivity contribution in [3.8, 4) is 11.8 Å². The predicted molar refractivity (Wildman–Crippen MR) is 63.1 cm³/mol. The van der Waals surface area contributed by atoms with Gasteiger partial charge in [0.2, 0.25) is 0 Å². The van der Waals surface area contributed by atoms with Gasteiger partial charge in [0, 0.05) is 0 Å². The molecule has 0 aromatic heterocycles. The summed E-state index contributed by atoms with van der Waals surface area (Å²) in [5.74, 6) is -2.01. The van der Waals surface area contributed by atoms with Gasteiger partial charge in [0.15, 0.2) is 0 Å². The topological polar surface area (TPSA) is 59.3 Å². The van der Waals surface area contributed by atoms with Crippen LogP contribution in [0.2, 0.25) is 0 Å². The fraction of sp³-hybridized carbons (Fsp3) is 0.385. The molecule has 0 radical (unpaired) electrons. The maximum Gasteiger partial charge on any atom is 0.421 e. The van der Waals surface area contributed by atoms with E-state index in [2.05, 4.69) is 9.47 Å². The standard InChI is InChI=1S/C13H10F5NO3/c1-2-21-10(20)5-7-3-4-9(22-12(14)15)11(8(7)6-19)13(16,17)18/h3-4,12H,2,5H2,1H3. The van der Waals surface area contributed by atoms with E-state index in [9.17, 15) is 26.7 Å². The second-order valence-corrected chi connectivity index (χ2v) is 3.94. The number of hydrogen-bond donors (Lipinski definition) is 0. The SMILES string of the molecule is CCOC(=O)Cc1ccc(OC(F)F)c(C(F)(F)F)c1C#N. The van der Waals surface area contributed by atoms with Crippen LogP contribution in [0.5, 0.6) is 5.75 Å². The molecule has 0 aliphatic heterocycles. The summed E-state index contributed by atoms with van der Waals surface area (Å²) >= 11 is 0. The van der Waals surface area contributed by atoms with Gasteiger partial charge in [-0.05, 0) is 18.6 Å². The number of alkyl halides is 5. The van der Waals surface area contributed by atoms with Crippen molar-refractivity contribution in [2.75, 3.05) is 6.61 Å². The quantitative estimate of drug-likeness (QED) is 0.616. The number of nitriles is 1. The molecule has 0 unspecified atom stereocenters. The molecule has 0 spiro atoms. The van der Waals surface area contributed by atoms with Gasteiger partial charge in [-0.3, -0.25) is 4.79 Å². The highest BCUT2D eigenvalue weighted by molar-refractivity contribution is 5.74. The molecule has 22 heavy (non-hydrogen) atoms. The zero-order valence-corrected chi connectivity index (χ0v) is 11.2. The normalized spacial score (nSPS) is 11.2. The van der Waals surface area contributed by atoms with Gasteiger partial charge in [0.05, 0.1) is 18.6 Å². The Morgan fingerprint density at radius 3 is 2.45 bits per heavy atom. The lowest BCUT2D eigenvalue weighted by atomic mass is 9.98. The number of nitrogens with zero attached hydrogens (tertiary/aromatic N) is 1. The van der Waals surface area contributed by atoms with Crippen LogP contribution in [0.15, 0.2) is 12.1 Å². The molecule has 0 heterocycles. The lowest BCUT2D eigenvalue weighted by Gasteiger charge is -2.17. The fourth-order valence-electron chi connectivity index (χ4n) is 1.74. The van der Waals surface area contributed by atoms with E-state index < -0.39 is 42.1 Å². The van der Waals surface area contributed by atoms with Crippen LogP contribution in [0.1, 0.15) is 23.6 Å². The van der Waals surface area contributed by atoms with Crippen LogP contribution >= 0.6 is 0 Å². The van der Waals surface area contributed by atoms with E-state index in [1.807, 2.05) is 0 Å². The van der Waals surface area contributed by atoms with E-state index in [0.29, 0.717) is 6.07 Å². The van der Waals surface area contributed by atoms with Gasteiger partial charge >= 0.3 is 18.8 Å². The van der Waals surface area contributed by atoms with E-state index in [1.165, 1.54) is 13.0 Å². The summed E-state index contributed by atoms with van der Waals surface area (Å²) in [6, 6.07) is 2.87. The Bertz CT molecular complexity index is 593. The summed E-state index contributed by atoms with van der Waals surface area (Å²) in [5.41, 5.74) is -2.87. The molecule has 1 aromatic rings. The molecule has 0 saturated heterocycles. The van der Waals surface area contributed by atoms with E-state index in [-0.39, 0.29) is 12.2 Å². The molecule has 1 rings (SSSR count). The van der Waals surface area contributed by atoms with E-state index in [0.717, 1.165) is 6.07 Å². The monoisotopic (exact) mass is 323 g/mol. The number of hydrogen-bond acceptors (Lipinski definition) is 4. The Labute approximate surface area is 122 Å². The molecule has 0 N–H and O–H groups in total. The molecule has 9 heteroatoms. The molecule has 0 aliphatic rings. The predicted octanol–water partition coefficient (Wildman–Crippen LogP) is 3.28. The molecule has 0 fully saturated rings. The van der Waals surface area contributed by atoms with Crippen molar-refractivity contribution in [3.63, 3.8) is 0 Å². The summed E-state index contributed by atoms with van der Waals surface area (Å²) in [7, 11) is 0. The molecular weight excluding hydrogens is 313 g/mol. The molecule has 0 bridgehead atoms. The van der Waals surface area contributed by atoms with Crippen LogP contribution in [-0.4, -0.2) is 19.2 Å². The van der Waals surface area contributed by atoms with Crippen LogP contribution in [-0.2, 0) is 22.1 Å². The molecular formula is C13H10F5NO3. The second kappa shape index (κ2) is 7.06. The first-order valence-corrected chi connectivity index (χ1v) is 5.94. The maximum atomic E-state index is 13.0. The number of ether oxygens (including phenoxy) is 2. The fourth-order valence-corrected chi connectivity index (χ4v) is 1.74. The Morgan fingerprint density at radius 2 is 2.00 bits per heavy atom. The average Bonchev–Trinajstić information content (AvgIpc) is 2.38. The third kappa shape index (κ3) is 4.31. The first-order chi connectivity index (χ1) is 10.2. The van der Waals surface area contributed by atoms with Crippen molar-refractivity contribution in [2.24, 2.45) is 0 Å². The van der Waals surface area contributed by atoms with Crippen molar-refractivity contribution in [3.05, 3.63) is 28.8 Å². The maximum absolute atomic E-state index is 13.0. The summed E-state index contributed by atoms with van der Waals surface area (Å²) in [5, 5.41) is 8.92. The van der Waals surface area contributed by atoms with Crippen LogP contribution in [0.4, 0.5) is 22.0 Å². The lowest BCUT2D eigenvalue weighted by Crippen LogP contribution is -2.16. The van der Waals surface area contributed by atoms with Gasteiger partial charge in [0.25, 0.3) is 0 Å². The molecule has 0 aliphatic carbocycles. The molecule has 1 aromatic carbocycles. The van der Waals surface area contributed by atoms with Gasteiger partial charge in [-0.2, -0.15) is 27.2 Å². The van der Waals surface area contributed by atoms with Crippen LogP contribution in [0, 0.1) is 11.3 Å². The number of carbonyl (C=O) groups is 1. The van der Waals surface area contributed by atoms with Gasteiger partial charge in [-0.1, -0.05) is 6.07 Å². The van der Waals surface area contributed by atoms with Crippen molar-refractivity contribution in [2.45, 2.75) is 26.1 Å². The van der Waals surface area contributed by atoms with Gasteiger partial charge in [-0.15, -0.1) is 0 Å². The number of esters is 1. The largest absolute Gasteiger partial charge is 0.466 e. The number of carbonyl (C=O) groups excluding carboxylic acids is 1. The average molecular weight is 323 g/mol. The molecule has 4 nitrogen and oxygen atoms in total. The van der Waals surface area contributed by atoms with Gasteiger partial charge < -0.3 is 9.47 Å². The Hall–Kier alpha value is -2.37.